The number of aromatic amines is 1. The zero-order chi connectivity index (χ0) is 20.4. The lowest BCUT2D eigenvalue weighted by atomic mass is 10.0. The van der Waals surface area contributed by atoms with Crippen molar-refractivity contribution in [1.29, 1.82) is 0 Å². The summed E-state index contributed by atoms with van der Waals surface area (Å²) in [5.41, 5.74) is -1.04. The molecule has 0 aromatic carbocycles. The van der Waals surface area contributed by atoms with E-state index in [1.165, 1.54) is 13.1 Å². The molecule has 0 bridgehead atoms. The van der Waals surface area contributed by atoms with Gasteiger partial charge in [-0.15, -0.1) is 0 Å². The van der Waals surface area contributed by atoms with Crippen molar-refractivity contribution in [1.82, 2.24) is 9.55 Å². The van der Waals surface area contributed by atoms with Gasteiger partial charge in [-0.05, 0) is 26.7 Å². The van der Waals surface area contributed by atoms with Gasteiger partial charge in [0.15, 0.2) is 6.23 Å². The second-order valence-electron chi connectivity index (χ2n) is 6.56. The lowest BCUT2D eigenvalue weighted by molar-refractivity contribution is -0.0537. The highest BCUT2D eigenvalue weighted by atomic mass is 31.2. The first-order valence-corrected chi connectivity index (χ1v) is 10.6. The van der Waals surface area contributed by atoms with Crippen LogP contribution in [0.5, 0.6) is 0 Å². The van der Waals surface area contributed by atoms with Crippen LogP contribution in [0.25, 0.3) is 0 Å². The summed E-state index contributed by atoms with van der Waals surface area (Å²) in [5.74, 6) is -0.497. The molecule has 1 saturated heterocycles. The van der Waals surface area contributed by atoms with Crippen LogP contribution in [0, 0.1) is 12.8 Å². The number of nitrogens with zero attached hydrogens (tertiary/aromatic N) is 1. The van der Waals surface area contributed by atoms with Gasteiger partial charge >= 0.3 is 13.3 Å². The maximum Gasteiger partial charge on any atom is 0.331 e. The zero-order valence-electron chi connectivity index (χ0n) is 15.8. The third kappa shape index (κ3) is 4.77. The molecule has 3 N–H and O–H groups in total. The third-order valence-corrected chi connectivity index (χ3v) is 6.75. The summed E-state index contributed by atoms with van der Waals surface area (Å²) in [6.07, 6.45) is -3.57. The molecule has 1 fully saturated rings. The first-order valence-electron chi connectivity index (χ1n) is 8.85. The Bertz CT molecular complexity index is 796. The van der Waals surface area contributed by atoms with E-state index in [1.54, 1.807) is 20.8 Å². The van der Waals surface area contributed by atoms with Gasteiger partial charge in [0.1, 0.15) is 12.2 Å². The number of aromatic nitrogens is 2. The summed E-state index contributed by atoms with van der Waals surface area (Å²) in [6, 6.07) is 0. The molecule has 27 heavy (non-hydrogen) atoms. The lowest BCUT2D eigenvalue weighted by Crippen LogP contribution is -2.38. The fourth-order valence-corrected chi connectivity index (χ4v) is 5.14. The Morgan fingerprint density at radius 1 is 1.26 bits per heavy atom. The van der Waals surface area contributed by atoms with E-state index in [0.29, 0.717) is 0 Å². The van der Waals surface area contributed by atoms with Gasteiger partial charge in [0.2, 0.25) is 0 Å². The van der Waals surface area contributed by atoms with E-state index in [1.807, 2.05) is 0 Å². The molecule has 5 atom stereocenters. The molecule has 1 aromatic rings. The Morgan fingerprint density at radius 3 is 2.41 bits per heavy atom. The molecule has 1 aromatic heterocycles. The van der Waals surface area contributed by atoms with Crippen molar-refractivity contribution in [3.63, 3.8) is 0 Å². The third-order valence-electron chi connectivity index (χ3n) is 4.42. The summed E-state index contributed by atoms with van der Waals surface area (Å²) in [5, 5.41) is 20.8. The Morgan fingerprint density at radius 2 is 1.85 bits per heavy atom. The van der Waals surface area contributed by atoms with E-state index in [9.17, 15) is 24.4 Å². The highest BCUT2D eigenvalue weighted by Crippen LogP contribution is 2.51. The van der Waals surface area contributed by atoms with Crippen LogP contribution >= 0.6 is 7.60 Å². The highest BCUT2D eigenvalue weighted by Gasteiger charge is 2.47. The predicted molar refractivity (Wildman–Crippen MR) is 96.9 cm³/mol. The number of hydrogen-bond donors (Lipinski definition) is 3. The normalized spacial score (nSPS) is 27.0. The van der Waals surface area contributed by atoms with Crippen LogP contribution in [0.4, 0.5) is 0 Å². The van der Waals surface area contributed by atoms with Crippen molar-refractivity contribution in [2.45, 2.75) is 52.2 Å². The fourth-order valence-electron chi connectivity index (χ4n) is 3.15. The minimum absolute atomic E-state index is 0.0185. The van der Waals surface area contributed by atoms with Crippen LogP contribution in [0.3, 0.4) is 0 Å². The SMILES string of the molecule is CCOP(=O)(C[C@H](C)[C@H]1O[C@@H](n2cc(C)c(=O)[nH]c2=O)[C@@H](O)[C@@H]1O)OCC. The molecular formula is C16H27N2O8P. The zero-order valence-corrected chi connectivity index (χ0v) is 16.7. The van der Waals surface area contributed by atoms with Gasteiger partial charge in [-0.1, -0.05) is 6.92 Å². The molecule has 1 aliphatic rings. The van der Waals surface area contributed by atoms with Crippen LogP contribution in [-0.2, 0) is 18.3 Å². The van der Waals surface area contributed by atoms with E-state index in [0.717, 1.165) is 4.57 Å². The average Bonchev–Trinajstić information content (AvgIpc) is 2.87. The van der Waals surface area contributed by atoms with Crippen LogP contribution < -0.4 is 11.2 Å². The standard InChI is InChI=1S/C16H27N2O8P/c1-5-24-27(23,25-6-2)8-10(4)13-11(19)12(20)15(26-13)18-7-9(3)14(21)17-16(18)22/h7,10-13,15,19-20H,5-6,8H2,1-4H3,(H,17,21,22)/t10-,11-,12-,13+,15+/m0/s1. The quantitative estimate of drug-likeness (QED) is 0.526. The van der Waals surface area contributed by atoms with Crippen molar-refractivity contribution >= 4 is 7.60 Å². The molecule has 11 heteroatoms. The van der Waals surface area contributed by atoms with Gasteiger partial charge in [0.25, 0.3) is 5.56 Å². The number of nitrogens with one attached hydrogen (secondary N) is 1. The molecule has 0 amide bonds. The number of aliphatic hydroxyl groups is 2. The van der Waals surface area contributed by atoms with Crippen LogP contribution in [0.2, 0.25) is 0 Å². The van der Waals surface area contributed by atoms with Crippen molar-refractivity contribution in [2.75, 3.05) is 19.4 Å². The van der Waals surface area contributed by atoms with Gasteiger partial charge in [0, 0.05) is 11.8 Å². The second-order valence-corrected chi connectivity index (χ2v) is 8.66. The average molecular weight is 406 g/mol. The predicted octanol–water partition coefficient (Wildman–Crippen LogP) is 0.366. The van der Waals surface area contributed by atoms with Crippen molar-refractivity contribution in [3.05, 3.63) is 32.6 Å². The number of hydrogen-bond acceptors (Lipinski definition) is 8. The molecule has 2 heterocycles. The van der Waals surface area contributed by atoms with Gasteiger partial charge in [-0.2, -0.15) is 0 Å². The Balaban J connectivity index is 2.23. The monoisotopic (exact) mass is 406 g/mol. The van der Waals surface area contributed by atoms with E-state index < -0.39 is 49.3 Å². The molecular weight excluding hydrogens is 379 g/mol. The van der Waals surface area contributed by atoms with Gasteiger partial charge in [0.05, 0.1) is 25.5 Å². The van der Waals surface area contributed by atoms with E-state index >= 15 is 0 Å². The number of aryl methyl sites for hydroxylation is 1. The molecule has 1 aliphatic heterocycles. The molecule has 0 radical (unpaired) electrons. The molecule has 154 valence electrons. The highest BCUT2D eigenvalue weighted by molar-refractivity contribution is 7.53. The van der Waals surface area contributed by atoms with Crippen molar-refractivity contribution in [2.24, 2.45) is 5.92 Å². The summed E-state index contributed by atoms with van der Waals surface area (Å²) in [4.78, 5) is 25.7. The molecule has 0 aliphatic carbocycles. The summed E-state index contributed by atoms with van der Waals surface area (Å²) >= 11 is 0. The minimum Gasteiger partial charge on any atom is -0.388 e. The number of ether oxygens (including phenoxy) is 1. The molecule has 0 saturated carbocycles. The van der Waals surface area contributed by atoms with Crippen LogP contribution in [0.1, 0.15) is 32.6 Å². The van der Waals surface area contributed by atoms with Crippen LogP contribution in [-0.4, -0.2) is 57.5 Å². The van der Waals surface area contributed by atoms with Crippen LogP contribution in [0.15, 0.2) is 15.8 Å². The Hall–Kier alpha value is -1.29. The van der Waals surface area contributed by atoms with Crippen molar-refractivity contribution < 1.29 is 28.6 Å². The summed E-state index contributed by atoms with van der Waals surface area (Å²) < 4.78 is 30.0. The summed E-state index contributed by atoms with van der Waals surface area (Å²) in [6.45, 7) is 7.00. The smallest absolute Gasteiger partial charge is 0.331 e. The number of rotatable bonds is 8. The van der Waals surface area contributed by atoms with Gasteiger partial charge in [-0.3, -0.25) is 18.9 Å². The van der Waals surface area contributed by atoms with Gasteiger partial charge in [-0.25, -0.2) is 4.79 Å². The second kappa shape index (κ2) is 8.81. The maximum absolute atomic E-state index is 12.7. The first kappa shape index (κ1) is 22.0. The van der Waals surface area contributed by atoms with E-state index in [2.05, 4.69) is 4.98 Å². The summed E-state index contributed by atoms with van der Waals surface area (Å²) in [7, 11) is -3.38. The first-order chi connectivity index (χ1) is 12.6. The molecule has 0 spiro atoms. The molecule has 10 nitrogen and oxygen atoms in total. The molecule has 2 rings (SSSR count). The maximum atomic E-state index is 12.7. The van der Waals surface area contributed by atoms with Crippen molar-refractivity contribution in [3.8, 4) is 0 Å². The minimum atomic E-state index is -3.38. The Kier molecular flexibility index (Phi) is 7.18. The fraction of sp³-hybridized carbons (Fsp3) is 0.750. The van der Waals surface area contributed by atoms with Gasteiger partial charge < -0.3 is 24.0 Å². The van der Waals surface area contributed by atoms with E-state index in [-0.39, 0.29) is 24.9 Å². The number of H-pyrrole nitrogens is 1. The van der Waals surface area contributed by atoms with E-state index in [4.69, 9.17) is 13.8 Å². The largest absolute Gasteiger partial charge is 0.388 e. The Labute approximate surface area is 156 Å². The lowest BCUT2D eigenvalue weighted by Gasteiger charge is -2.26. The topological polar surface area (TPSA) is 140 Å². The molecule has 0 unspecified atom stereocenters. The number of aliphatic hydroxyl groups excluding tert-OH is 2.